The number of thiazole rings is 1. The molecule has 0 aromatic carbocycles. The van der Waals surface area contributed by atoms with Crippen molar-refractivity contribution in [3.8, 4) is 0 Å². The number of aromatic nitrogens is 1. The maximum absolute atomic E-state index is 12.3. The lowest BCUT2D eigenvalue weighted by Crippen LogP contribution is -2.39. The molecule has 0 amide bonds. The highest BCUT2D eigenvalue weighted by molar-refractivity contribution is 7.11. The molecule has 2 rings (SSSR count). The van der Waals surface area contributed by atoms with Crippen molar-refractivity contribution in [3.63, 3.8) is 0 Å². The lowest BCUT2D eigenvalue weighted by Gasteiger charge is -2.27. The first kappa shape index (κ1) is 16.7. The van der Waals surface area contributed by atoms with E-state index in [1.165, 1.54) is 16.2 Å². The Hall–Kier alpha value is -0.620. The second-order valence-corrected chi connectivity index (χ2v) is 7.92. The van der Waals surface area contributed by atoms with Crippen LogP contribution in [-0.2, 0) is 12.8 Å². The van der Waals surface area contributed by atoms with Crippen molar-refractivity contribution in [1.29, 1.82) is 0 Å². The number of fused-ring (bicyclic) bond motifs is 1. The third-order valence-electron chi connectivity index (χ3n) is 3.62. The van der Waals surface area contributed by atoms with Gasteiger partial charge in [-0.25, -0.2) is 4.98 Å². The molecule has 0 aliphatic heterocycles. The van der Waals surface area contributed by atoms with Crippen molar-refractivity contribution in [3.05, 3.63) is 15.6 Å². The summed E-state index contributed by atoms with van der Waals surface area (Å²) in [5.41, 5.74) is 1.09. The van der Waals surface area contributed by atoms with Crippen LogP contribution in [0.25, 0.3) is 0 Å². The van der Waals surface area contributed by atoms with Gasteiger partial charge in [-0.3, -0.25) is 0 Å². The topological polar surface area (TPSA) is 24.9 Å². The van der Waals surface area contributed by atoms with Gasteiger partial charge < -0.3 is 5.32 Å². The van der Waals surface area contributed by atoms with Crippen LogP contribution in [0.1, 0.15) is 61.5 Å². The normalized spacial score (nSPS) is 19.6. The van der Waals surface area contributed by atoms with Crippen LogP contribution in [0.3, 0.4) is 0 Å². The van der Waals surface area contributed by atoms with Crippen molar-refractivity contribution in [1.82, 2.24) is 10.3 Å². The van der Waals surface area contributed by atoms with Crippen LogP contribution >= 0.6 is 11.3 Å². The number of hydrogen-bond donors (Lipinski definition) is 1. The highest BCUT2D eigenvalue weighted by atomic mass is 32.1. The van der Waals surface area contributed by atoms with E-state index < -0.39 is 12.6 Å². The van der Waals surface area contributed by atoms with E-state index in [0.29, 0.717) is 10.9 Å². The summed E-state index contributed by atoms with van der Waals surface area (Å²) in [4.78, 5) is 5.71. The zero-order valence-electron chi connectivity index (χ0n) is 12.8. The number of hydrogen-bond acceptors (Lipinski definition) is 3. The molecule has 0 saturated carbocycles. The smallest absolute Gasteiger partial charge is 0.311 e. The highest BCUT2D eigenvalue weighted by Gasteiger charge is 2.29. The standard InChI is InChI=1S/C15H23F3N2S/c1-14(2,3)19-9-10-5-4-6-11-13(10)20-12(21-11)7-8-15(16,17)18/h10,19H,4-9H2,1-3H3. The van der Waals surface area contributed by atoms with Crippen molar-refractivity contribution < 1.29 is 13.2 Å². The van der Waals surface area contributed by atoms with E-state index in [9.17, 15) is 13.2 Å². The zero-order valence-corrected chi connectivity index (χ0v) is 13.6. The third-order valence-corrected chi connectivity index (χ3v) is 4.81. The van der Waals surface area contributed by atoms with E-state index in [-0.39, 0.29) is 12.0 Å². The Morgan fingerprint density at radius 1 is 1.29 bits per heavy atom. The van der Waals surface area contributed by atoms with E-state index in [0.717, 1.165) is 31.5 Å². The monoisotopic (exact) mass is 320 g/mol. The van der Waals surface area contributed by atoms with Crippen LogP contribution in [-0.4, -0.2) is 23.2 Å². The van der Waals surface area contributed by atoms with E-state index in [2.05, 4.69) is 31.1 Å². The molecule has 1 aromatic heterocycles. The molecule has 1 aliphatic rings. The first-order chi connectivity index (χ1) is 9.64. The van der Waals surface area contributed by atoms with Gasteiger partial charge in [-0.15, -0.1) is 11.3 Å². The van der Waals surface area contributed by atoms with Crippen molar-refractivity contribution in [2.45, 2.75) is 70.5 Å². The summed E-state index contributed by atoms with van der Waals surface area (Å²) in [6.45, 7) is 7.20. The lowest BCUT2D eigenvalue weighted by atomic mass is 9.90. The van der Waals surface area contributed by atoms with E-state index in [1.807, 2.05) is 0 Å². The van der Waals surface area contributed by atoms with Crippen LogP contribution in [0, 0.1) is 0 Å². The van der Waals surface area contributed by atoms with Crippen molar-refractivity contribution in [2.24, 2.45) is 0 Å². The Bertz CT molecular complexity index is 474. The Morgan fingerprint density at radius 2 is 2.00 bits per heavy atom. The fourth-order valence-electron chi connectivity index (χ4n) is 2.54. The van der Waals surface area contributed by atoms with E-state index >= 15 is 0 Å². The van der Waals surface area contributed by atoms with Crippen LogP contribution < -0.4 is 5.32 Å². The largest absolute Gasteiger partial charge is 0.389 e. The molecular formula is C15H23F3N2S. The average molecular weight is 320 g/mol. The van der Waals surface area contributed by atoms with Gasteiger partial charge in [0.25, 0.3) is 0 Å². The summed E-state index contributed by atoms with van der Waals surface area (Å²) in [6, 6.07) is 0. The SMILES string of the molecule is CC(C)(C)NCC1CCCc2sc(CCC(F)(F)F)nc21. The van der Waals surface area contributed by atoms with Gasteiger partial charge in [0.15, 0.2) is 0 Å². The van der Waals surface area contributed by atoms with Crippen LogP contribution in [0.2, 0.25) is 0 Å². The molecule has 0 fully saturated rings. The summed E-state index contributed by atoms with van der Waals surface area (Å²) < 4.78 is 37.0. The molecule has 0 saturated heterocycles. The molecular weight excluding hydrogens is 297 g/mol. The van der Waals surface area contributed by atoms with Gasteiger partial charge in [-0.05, 0) is 40.0 Å². The van der Waals surface area contributed by atoms with Gasteiger partial charge in [0.2, 0.25) is 0 Å². The van der Waals surface area contributed by atoms with Gasteiger partial charge in [0, 0.05) is 35.7 Å². The fourth-order valence-corrected chi connectivity index (χ4v) is 3.74. The van der Waals surface area contributed by atoms with Gasteiger partial charge in [0.05, 0.1) is 10.7 Å². The quantitative estimate of drug-likeness (QED) is 0.887. The minimum Gasteiger partial charge on any atom is -0.311 e. The molecule has 21 heavy (non-hydrogen) atoms. The number of nitrogens with zero attached hydrogens (tertiary/aromatic N) is 1. The molecule has 0 radical (unpaired) electrons. The Morgan fingerprint density at radius 3 is 2.62 bits per heavy atom. The van der Waals surface area contributed by atoms with Crippen molar-refractivity contribution >= 4 is 11.3 Å². The maximum Gasteiger partial charge on any atom is 0.389 e. The zero-order chi connectivity index (χ0) is 15.7. The Labute approximate surface area is 128 Å². The van der Waals surface area contributed by atoms with Crippen LogP contribution in [0.15, 0.2) is 0 Å². The molecule has 2 nitrogen and oxygen atoms in total. The third kappa shape index (κ3) is 5.25. The Balaban J connectivity index is 2.03. The van der Waals surface area contributed by atoms with E-state index in [4.69, 9.17) is 0 Å². The van der Waals surface area contributed by atoms with Crippen LogP contribution in [0.4, 0.5) is 13.2 Å². The van der Waals surface area contributed by atoms with Gasteiger partial charge in [-0.2, -0.15) is 13.2 Å². The first-order valence-corrected chi connectivity index (χ1v) is 8.26. The molecule has 1 unspecified atom stereocenters. The molecule has 0 spiro atoms. The molecule has 1 N–H and O–H groups in total. The Kier molecular flexibility index (Phi) is 4.98. The number of nitrogens with one attached hydrogen (secondary N) is 1. The van der Waals surface area contributed by atoms with Gasteiger partial charge >= 0.3 is 6.18 Å². The minimum absolute atomic E-state index is 0.0145. The summed E-state index contributed by atoms with van der Waals surface area (Å²) in [7, 11) is 0. The minimum atomic E-state index is -4.10. The fraction of sp³-hybridized carbons (Fsp3) is 0.800. The lowest BCUT2D eigenvalue weighted by molar-refractivity contribution is -0.134. The van der Waals surface area contributed by atoms with Crippen molar-refractivity contribution in [2.75, 3.05) is 6.54 Å². The van der Waals surface area contributed by atoms with Crippen LogP contribution in [0.5, 0.6) is 0 Å². The number of halogens is 3. The second-order valence-electron chi connectivity index (χ2n) is 6.75. The molecule has 1 heterocycles. The second kappa shape index (κ2) is 6.24. The highest BCUT2D eigenvalue weighted by Crippen LogP contribution is 2.35. The summed E-state index contributed by atoms with van der Waals surface area (Å²) in [5, 5.41) is 4.12. The van der Waals surface area contributed by atoms with Gasteiger partial charge in [-0.1, -0.05) is 0 Å². The maximum atomic E-state index is 12.3. The van der Waals surface area contributed by atoms with E-state index in [1.54, 1.807) is 0 Å². The first-order valence-electron chi connectivity index (χ1n) is 7.44. The number of alkyl halides is 3. The summed E-state index contributed by atoms with van der Waals surface area (Å²) in [5.74, 6) is 0.337. The molecule has 0 bridgehead atoms. The number of rotatable bonds is 4. The molecule has 1 atom stereocenters. The predicted molar refractivity (Wildman–Crippen MR) is 79.9 cm³/mol. The number of aryl methyl sites for hydroxylation is 2. The molecule has 1 aromatic rings. The molecule has 120 valence electrons. The summed E-state index contributed by atoms with van der Waals surface area (Å²) >= 11 is 1.47. The average Bonchev–Trinajstić information content (AvgIpc) is 2.75. The molecule has 1 aliphatic carbocycles. The summed E-state index contributed by atoms with van der Waals surface area (Å²) in [6.07, 6.45) is -1.72. The predicted octanol–water partition coefficient (Wildman–Crippen LogP) is 4.45. The van der Waals surface area contributed by atoms with Gasteiger partial charge in [0.1, 0.15) is 0 Å². The molecule has 6 heteroatoms.